The number of amides is 3. The van der Waals surface area contributed by atoms with Crippen molar-refractivity contribution in [2.45, 2.75) is 419 Å². The van der Waals surface area contributed by atoms with Crippen molar-refractivity contribution in [3.63, 3.8) is 0 Å². The molecule has 82 heavy (non-hydrogen) atoms. The zero-order valence-corrected chi connectivity index (χ0v) is 56.4. The molecule has 2 N–H and O–H groups in total. The van der Waals surface area contributed by atoms with E-state index in [4.69, 9.17) is 5.73 Å². The molecule has 8 heteroatoms. The fourth-order valence-corrected chi connectivity index (χ4v) is 12.5. The van der Waals surface area contributed by atoms with Crippen LogP contribution in [0.25, 0.3) is 0 Å². The van der Waals surface area contributed by atoms with Crippen LogP contribution in [0.2, 0.25) is 0 Å². The molecule has 0 fully saturated rings. The summed E-state index contributed by atoms with van der Waals surface area (Å²) in [5.74, 6) is 0.449. The molecule has 0 saturated carbocycles. The van der Waals surface area contributed by atoms with Gasteiger partial charge in [-0.25, -0.2) is 4.39 Å². The minimum absolute atomic E-state index is 0.0737. The first-order valence-electron chi connectivity index (χ1n) is 37.5. The average molecular weight is 1160 g/mol. The minimum atomic E-state index is -1.47. The molecule has 7 nitrogen and oxygen atoms in total. The Hall–Kier alpha value is -1.70. The van der Waals surface area contributed by atoms with Gasteiger partial charge in [0.05, 0.1) is 0 Å². The lowest BCUT2D eigenvalue weighted by molar-refractivity contribution is -0.140. The average Bonchev–Trinajstić information content (AvgIpc) is 3.51. The van der Waals surface area contributed by atoms with Crippen molar-refractivity contribution in [2.24, 2.45) is 5.73 Å². The van der Waals surface area contributed by atoms with Gasteiger partial charge in [0.15, 0.2) is 6.17 Å². The van der Waals surface area contributed by atoms with Crippen LogP contribution in [0.3, 0.4) is 0 Å². The normalized spacial score (nSPS) is 12.0. The molecule has 0 aliphatic carbocycles. The predicted molar refractivity (Wildman–Crippen MR) is 359 cm³/mol. The maximum absolute atomic E-state index is 15.7. The molecule has 0 heterocycles. The number of hydrogen-bond acceptors (Lipinski definition) is 4. The van der Waals surface area contributed by atoms with Crippen molar-refractivity contribution in [1.82, 2.24) is 14.7 Å². The van der Waals surface area contributed by atoms with Crippen molar-refractivity contribution in [1.29, 1.82) is 0 Å². The summed E-state index contributed by atoms with van der Waals surface area (Å²) in [5.41, 5.74) is 5.81. The second-order valence-electron chi connectivity index (χ2n) is 26.0. The van der Waals surface area contributed by atoms with E-state index in [0.29, 0.717) is 44.2 Å². The number of unbranched alkanes of at least 4 members (excludes halogenated alkanes) is 45. The Labute approximate surface area is 513 Å². The molecule has 488 valence electrons. The summed E-state index contributed by atoms with van der Waals surface area (Å²) in [7, 11) is 0. The van der Waals surface area contributed by atoms with Gasteiger partial charge in [-0.3, -0.25) is 14.4 Å². The highest BCUT2D eigenvalue weighted by Crippen LogP contribution is 2.24. The Morgan fingerprint density at radius 1 is 0.293 bits per heavy atom. The molecule has 1 atom stereocenters. The lowest BCUT2D eigenvalue weighted by Crippen LogP contribution is -2.45. The van der Waals surface area contributed by atoms with Gasteiger partial charge in [-0.15, -0.1) is 0 Å². The van der Waals surface area contributed by atoms with E-state index in [2.05, 4.69) is 44.4 Å². The number of halogens is 1. The van der Waals surface area contributed by atoms with Crippen molar-refractivity contribution in [3.8, 4) is 0 Å². The van der Waals surface area contributed by atoms with Crippen LogP contribution in [0.4, 0.5) is 4.39 Å². The lowest BCUT2D eigenvalue weighted by Gasteiger charge is -2.33. The third-order valence-electron chi connectivity index (χ3n) is 18.1. The number of nitrogens with two attached hydrogens (primary N) is 1. The molecule has 0 aromatic carbocycles. The highest BCUT2D eigenvalue weighted by molar-refractivity contribution is 5.81. The van der Waals surface area contributed by atoms with Crippen LogP contribution in [0, 0.1) is 0 Å². The van der Waals surface area contributed by atoms with E-state index in [1.165, 1.54) is 218 Å². The molecule has 0 bridgehead atoms. The first kappa shape index (κ1) is 80.3. The Morgan fingerprint density at radius 2 is 0.524 bits per heavy atom. The molecule has 0 saturated heterocycles. The van der Waals surface area contributed by atoms with Crippen LogP contribution in [0.15, 0.2) is 0 Å². The van der Waals surface area contributed by atoms with E-state index in [1.54, 1.807) is 0 Å². The highest BCUT2D eigenvalue weighted by Gasteiger charge is 2.29. The van der Waals surface area contributed by atoms with Gasteiger partial charge < -0.3 is 20.4 Å². The fourth-order valence-electron chi connectivity index (χ4n) is 12.5. The zero-order chi connectivity index (χ0) is 59.9. The zero-order valence-electron chi connectivity index (χ0n) is 56.4. The van der Waals surface area contributed by atoms with Gasteiger partial charge in [-0.05, 0) is 77.2 Å². The van der Waals surface area contributed by atoms with Crippen molar-refractivity contribution in [2.75, 3.05) is 39.3 Å². The molecule has 0 rings (SSSR count). The van der Waals surface area contributed by atoms with E-state index in [9.17, 15) is 14.4 Å². The monoisotopic (exact) mass is 1160 g/mol. The third-order valence-corrected chi connectivity index (χ3v) is 18.1. The third kappa shape index (κ3) is 52.6. The molecule has 0 aromatic rings. The number of nitrogens with zero attached hydrogens (tertiary/aromatic N) is 3. The van der Waals surface area contributed by atoms with Crippen molar-refractivity contribution >= 4 is 17.7 Å². The molecule has 0 aromatic heterocycles. The molecular formula is C74H147FN4O3. The Balaban J connectivity index is 5.42. The minimum Gasteiger partial charge on any atom is -0.343 e. The van der Waals surface area contributed by atoms with Gasteiger partial charge in [0.2, 0.25) is 11.8 Å². The van der Waals surface area contributed by atoms with Crippen LogP contribution in [-0.4, -0.2) is 83.9 Å². The van der Waals surface area contributed by atoms with Gasteiger partial charge in [0, 0.05) is 51.6 Å². The van der Waals surface area contributed by atoms with E-state index < -0.39 is 6.17 Å². The maximum Gasteiger partial charge on any atom is 0.257 e. The molecule has 0 aliphatic heterocycles. The summed E-state index contributed by atoms with van der Waals surface area (Å²) < 4.78 is 15.7. The van der Waals surface area contributed by atoms with Crippen LogP contribution in [-0.2, 0) is 14.4 Å². The Bertz CT molecular complexity index is 1210. The van der Waals surface area contributed by atoms with Gasteiger partial charge in [-0.2, -0.15) is 0 Å². The maximum atomic E-state index is 15.7. The van der Waals surface area contributed by atoms with E-state index in [0.717, 1.165) is 155 Å². The fraction of sp³-hybridized carbons (Fsp3) is 0.959. The number of rotatable bonds is 68. The number of carbonyl (C=O) groups is 3. The molecular weight excluding hydrogens is 1010 g/mol. The van der Waals surface area contributed by atoms with Gasteiger partial charge in [0.1, 0.15) is 0 Å². The van der Waals surface area contributed by atoms with Crippen LogP contribution >= 0.6 is 0 Å². The number of carbonyl (C=O) groups excluding carboxylic acids is 3. The molecule has 1 unspecified atom stereocenters. The molecule has 0 radical (unpaired) electrons. The largest absolute Gasteiger partial charge is 0.343 e. The van der Waals surface area contributed by atoms with Crippen molar-refractivity contribution in [3.05, 3.63) is 0 Å². The van der Waals surface area contributed by atoms with E-state index >= 15 is 4.39 Å². The summed E-state index contributed by atoms with van der Waals surface area (Å²) in [6.07, 6.45) is 66.7. The summed E-state index contributed by atoms with van der Waals surface area (Å²) >= 11 is 0. The van der Waals surface area contributed by atoms with Crippen LogP contribution in [0.5, 0.6) is 0 Å². The first-order valence-corrected chi connectivity index (χ1v) is 37.5. The number of alkyl halides is 1. The summed E-state index contributed by atoms with van der Waals surface area (Å²) in [5, 5.41) is 0. The standard InChI is InChI=1S/C74H147FN4O3/c1-6-11-16-21-26-35-44-53-65-77(66-54-45-36-27-22-17-12-7-2)72(80)62-51-42-33-31-40-49-59-70(79(74(82)71(75)61-58-64-76)69-57-48-39-30-25-20-15-10-5)60-50-41-32-34-43-52-63-73(81)78(67-55-46-37-28-23-18-13-8-3)68-56-47-38-29-24-19-14-9-4/h70-71H,6-69,76H2,1-5H3. The predicted octanol–water partition coefficient (Wildman–Crippen LogP) is 22.9. The number of hydrogen-bond donors (Lipinski definition) is 1. The van der Waals surface area contributed by atoms with Crippen molar-refractivity contribution < 1.29 is 18.8 Å². The highest BCUT2D eigenvalue weighted by atomic mass is 19.1. The Kier molecular flexibility index (Phi) is 63.9. The molecule has 0 aliphatic rings. The lowest BCUT2D eigenvalue weighted by atomic mass is 9.97. The smallest absolute Gasteiger partial charge is 0.257 e. The van der Waals surface area contributed by atoms with Crippen LogP contribution < -0.4 is 5.73 Å². The second-order valence-corrected chi connectivity index (χ2v) is 26.0. The first-order chi connectivity index (χ1) is 40.3. The summed E-state index contributed by atoms with van der Waals surface area (Å²) in [6, 6.07) is 0.0737. The molecule has 0 spiro atoms. The Morgan fingerprint density at radius 3 is 0.793 bits per heavy atom. The van der Waals surface area contributed by atoms with E-state index in [-0.39, 0.29) is 18.4 Å². The topological polar surface area (TPSA) is 87.0 Å². The van der Waals surface area contributed by atoms with E-state index in [1.807, 2.05) is 4.90 Å². The van der Waals surface area contributed by atoms with Gasteiger partial charge in [-0.1, -0.05) is 324 Å². The molecule has 3 amide bonds. The van der Waals surface area contributed by atoms with Crippen LogP contribution in [0.1, 0.15) is 407 Å². The quantitative estimate of drug-likeness (QED) is 0.0615. The van der Waals surface area contributed by atoms with Gasteiger partial charge >= 0.3 is 0 Å². The second kappa shape index (κ2) is 65.3. The summed E-state index contributed by atoms with van der Waals surface area (Å²) in [6.45, 7) is 16.2. The SMILES string of the molecule is CCCCCCCCCCN(CCCCCCCCCC)C(=O)CCCCCCCCC(CCCCCCCCC(=O)N(CCCCCCCCCC)CCCCCCCCCC)N(CCCCCCCCCC)C(=O)C(F)CCCN. The summed E-state index contributed by atoms with van der Waals surface area (Å²) in [4.78, 5) is 47.7. The van der Waals surface area contributed by atoms with Gasteiger partial charge in [0.25, 0.3) is 5.91 Å².